The fourth-order valence-corrected chi connectivity index (χ4v) is 2.61. The Bertz CT molecular complexity index is 748. The Labute approximate surface area is 138 Å². The molecule has 118 valence electrons. The molecule has 22 heavy (non-hydrogen) atoms. The van der Waals surface area contributed by atoms with Gasteiger partial charge in [0, 0.05) is 5.02 Å². The first-order chi connectivity index (χ1) is 10.4. The lowest BCUT2D eigenvalue weighted by Gasteiger charge is -2.10. The van der Waals surface area contributed by atoms with Crippen LogP contribution in [0.3, 0.4) is 0 Å². The first kappa shape index (κ1) is 16.9. The van der Waals surface area contributed by atoms with Crippen LogP contribution in [-0.4, -0.2) is 21.6 Å². The highest BCUT2D eigenvalue weighted by Gasteiger charge is 2.07. The highest BCUT2D eigenvalue weighted by atomic mass is 35.5. The lowest BCUT2D eigenvalue weighted by atomic mass is 10.3. The van der Waals surface area contributed by atoms with Crippen molar-refractivity contribution in [3.8, 4) is 11.5 Å². The molecule has 0 aliphatic rings. The maximum absolute atomic E-state index is 11.1. The summed E-state index contributed by atoms with van der Waals surface area (Å²) < 4.78 is 33.1. The van der Waals surface area contributed by atoms with Crippen LogP contribution in [0, 0.1) is 0 Å². The Kier molecular flexibility index (Phi) is 5.52. The molecule has 2 N–H and O–H groups in total. The Balaban J connectivity index is 1.84. The van der Waals surface area contributed by atoms with E-state index in [1.807, 2.05) is 0 Å². The monoisotopic (exact) mass is 361 g/mol. The third kappa shape index (κ3) is 4.78. The van der Waals surface area contributed by atoms with Crippen molar-refractivity contribution < 1.29 is 17.9 Å². The van der Waals surface area contributed by atoms with Gasteiger partial charge in [-0.05, 0) is 42.5 Å². The lowest BCUT2D eigenvalue weighted by molar-refractivity contribution is 0.217. The van der Waals surface area contributed by atoms with E-state index >= 15 is 0 Å². The van der Waals surface area contributed by atoms with E-state index in [1.165, 1.54) is 24.3 Å². The molecule has 0 radical (unpaired) electrons. The molecule has 0 saturated heterocycles. The predicted octanol–water partition coefficient (Wildman–Crippen LogP) is 3.10. The molecule has 5 nitrogen and oxygen atoms in total. The van der Waals surface area contributed by atoms with Crippen molar-refractivity contribution >= 4 is 33.2 Å². The number of hydrogen-bond donors (Lipinski definition) is 1. The summed E-state index contributed by atoms with van der Waals surface area (Å²) in [5.41, 5.74) is 0. The number of benzene rings is 2. The van der Waals surface area contributed by atoms with E-state index in [-0.39, 0.29) is 18.1 Å². The van der Waals surface area contributed by atoms with Gasteiger partial charge in [-0.15, -0.1) is 0 Å². The van der Waals surface area contributed by atoms with Crippen LogP contribution in [0.1, 0.15) is 0 Å². The molecule has 0 aliphatic heterocycles. The molecule has 2 aromatic carbocycles. The number of rotatable bonds is 6. The van der Waals surface area contributed by atoms with Crippen molar-refractivity contribution in [1.29, 1.82) is 0 Å². The molecule has 0 heterocycles. The normalized spacial score (nSPS) is 11.2. The van der Waals surface area contributed by atoms with Crippen LogP contribution in [0.5, 0.6) is 11.5 Å². The van der Waals surface area contributed by atoms with E-state index in [2.05, 4.69) is 0 Å². The predicted molar refractivity (Wildman–Crippen MR) is 85.3 cm³/mol. The molecule has 0 saturated carbocycles. The Morgan fingerprint density at radius 3 is 2.18 bits per heavy atom. The third-order valence-electron chi connectivity index (χ3n) is 2.66. The summed E-state index contributed by atoms with van der Waals surface area (Å²) in [6.45, 7) is 0.548. The van der Waals surface area contributed by atoms with E-state index in [9.17, 15) is 8.42 Å². The summed E-state index contributed by atoms with van der Waals surface area (Å²) >= 11 is 11.8. The standard InChI is InChI=1S/C14H13Cl2NO4S/c15-10-1-6-14(13(16)9-10)21-8-7-20-11-2-4-12(5-3-11)22(17,18)19/h1-6,9H,7-8H2,(H2,17,18,19). The maximum Gasteiger partial charge on any atom is 0.238 e. The maximum atomic E-state index is 11.1. The van der Waals surface area contributed by atoms with Crippen molar-refractivity contribution in [3.63, 3.8) is 0 Å². The van der Waals surface area contributed by atoms with Gasteiger partial charge in [0.1, 0.15) is 24.7 Å². The fraction of sp³-hybridized carbons (Fsp3) is 0.143. The number of primary sulfonamides is 1. The molecular weight excluding hydrogens is 349 g/mol. The topological polar surface area (TPSA) is 78.6 Å². The van der Waals surface area contributed by atoms with Crippen molar-refractivity contribution in [2.75, 3.05) is 13.2 Å². The van der Waals surface area contributed by atoms with Crippen molar-refractivity contribution in [2.45, 2.75) is 4.90 Å². The van der Waals surface area contributed by atoms with Crippen LogP contribution in [-0.2, 0) is 10.0 Å². The third-order valence-corrected chi connectivity index (χ3v) is 4.12. The summed E-state index contributed by atoms with van der Waals surface area (Å²) in [5.74, 6) is 1.03. The summed E-state index contributed by atoms with van der Waals surface area (Å²) in [6.07, 6.45) is 0. The second-order valence-corrected chi connectivity index (χ2v) is 6.69. The molecule has 0 amide bonds. The summed E-state index contributed by atoms with van der Waals surface area (Å²) in [7, 11) is -3.69. The summed E-state index contributed by atoms with van der Waals surface area (Å²) in [4.78, 5) is 0.0315. The molecule has 2 aromatic rings. The zero-order valence-electron chi connectivity index (χ0n) is 11.3. The molecule has 0 fully saturated rings. The SMILES string of the molecule is NS(=O)(=O)c1ccc(OCCOc2ccc(Cl)cc2Cl)cc1. The van der Waals surface area contributed by atoms with Gasteiger partial charge in [0.25, 0.3) is 0 Å². The highest BCUT2D eigenvalue weighted by molar-refractivity contribution is 7.89. The molecule has 0 aliphatic carbocycles. The van der Waals surface area contributed by atoms with Gasteiger partial charge in [0.2, 0.25) is 10.0 Å². The Morgan fingerprint density at radius 1 is 0.955 bits per heavy atom. The first-order valence-corrected chi connectivity index (χ1v) is 8.50. The number of sulfonamides is 1. The molecule has 2 rings (SSSR count). The molecule has 0 unspecified atom stereocenters. The van der Waals surface area contributed by atoms with Gasteiger partial charge in [-0.1, -0.05) is 23.2 Å². The van der Waals surface area contributed by atoms with Gasteiger partial charge in [0.15, 0.2) is 0 Å². The van der Waals surface area contributed by atoms with Gasteiger partial charge in [-0.25, -0.2) is 13.6 Å². The number of hydrogen-bond acceptors (Lipinski definition) is 4. The van der Waals surface area contributed by atoms with E-state index in [1.54, 1.807) is 18.2 Å². The Hall–Kier alpha value is -1.47. The summed E-state index contributed by atoms with van der Waals surface area (Å²) in [6, 6.07) is 10.7. The smallest absolute Gasteiger partial charge is 0.238 e. The second-order valence-electron chi connectivity index (χ2n) is 4.29. The molecule has 0 bridgehead atoms. The minimum atomic E-state index is -3.69. The minimum absolute atomic E-state index is 0.0315. The van der Waals surface area contributed by atoms with E-state index in [0.717, 1.165) is 0 Å². The van der Waals surface area contributed by atoms with Crippen LogP contribution in [0.15, 0.2) is 47.4 Å². The van der Waals surface area contributed by atoms with Crippen molar-refractivity contribution in [1.82, 2.24) is 0 Å². The Morgan fingerprint density at radius 2 is 1.59 bits per heavy atom. The average Bonchev–Trinajstić information content (AvgIpc) is 2.45. The number of halogens is 2. The molecule has 0 spiro atoms. The molecule has 0 aromatic heterocycles. The van der Waals surface area contributed by atoms with Crippen LogP contribution in [0.2, 0.25) is 10.0 Å². The van der Waals surface area contributed by atoms with Gasteiger partial charge < -0.3 is 9.47 Å². The van der Waals surface area contributed by atoms with Gasteiger partial charge >= 0.3 is 0 Å². The van der Waals surface area contributed by atoms with Crippen LogP contribution < -0.4 is 14.6 Å². The molecule has 0 atom stereocenters. The second kappa shape index (κ2) is 7.19. The fourth-order valence-electron chi connectivity index (χ4n) is 1.63. The lowest BCUT2D eigenvalue weighted by Crippen LogP contribution is -2.12. The minimum Gasteiger partial charge on any atom is -0.490 e. The first-order valence-electron chi connectivity index (χ1n) is 6.20. The quantitative estimate of drug-likeness (QED) is 0.801. The number of ether oxygens (including phenoxy) is 2. The molecular formula is C14H13Cl2NO4S. The van der Waals surface area contributed by atoms with Crippen LogP contribution in [0.4, 0.5) is 0 Å². The van der Waals surface area contributed by atoms with Gasteiger partial charge in [-0.2, -0.15) is 0 Å². The number of nitrogens with two attached hydrogens (primary N) is 1. The van der Waals surface area contributed by atoms with Crippen LogP contribution >= 0.6 is 23.2 Å². The van der Waals surface area contributed by atoms with E-state index < -0.39 is 10.0 Å². The van der Waals surface area contributed by atoms with E-state index in [4.69, 9.17) is 37.8 Å². The zero-order valence-corrected chi connectivity index (χ0v) is 13.7. The van der Waals surface area contributed by atoms with Crippen LogP contribution in [0.25, 0.3) is 0 Å². The van der Waals surface area contributed by atoms with Gasteiger partial charge in [-0.3, -0.25) is 0 Å². The van der Waals surface area contributed by atoms with E-state index in [0.29, 0.717) is 21.5 Å². The molecule has 8 heteroatoms. The van der Waals surface area contributed by atoms with Crippen molar-refractivity contribution in [2.24, 2.45) is 5.14 Å². The van der Waals surface area contributed by atoms with Crippen molar-refractivity contribution in [3.05, 3.63) is 52.5 Å². The highest BCUT2D eigenvalue weighted by Crippen LogP contribution is 2.27. The largest absolute Gasteiger partial charge is 0.490 e. The average molecular weight is 362 g/mol. The zero-order chi connectivity index (χ0) is 16.2. The summed E-state index contributed by atoms with van der Waals surface area (Å²) in [5, 5.41) is 5.96. The van der Waals surface area contributed by atoms with Gasteiger partial charge in [0.05, 0.1) is 9.92 Å².